The first-order valence-electron chi connectivity index (χ1n) is 6.26. The lowest BCUT2D eigenvalue weighted by Gasteiger charge is -2.17. The number of rotatable bonds is 6. The van der Waals surface area contributed by atoms with Crippen LogP contribution in [0.1, 0.15) is 13.8 Å². The van der Waals surface area contributed by atoms with Gasteiger partial charge in [-0.05, 0) is 25.2 Å². The summed E-state index contributed by atoms with van der Waals surface area (Å²) in [5.41, 5.74) is 1.13. The molecule has 1 aromatic carbocycles. The van der Waals surface area contributed by atoms with Gasteiger partial charge in [0.2, 0.25) is 0 Å². The maximum Gasteiger partial charge on any atom is 0.144 e. The fourth-order valence-electron chi connectivity index (χ4n) is 1.99. The van der Waals surface area contributed by atoms with Crippen LogP contribution in [0.4, 0.5) is 0 Å². The molecular weight excluding hydrogens is 248 g/mol. The van der Waals surface area contributed by atoms with E-state index in [1.165, 1.54) is 0 Å². The van der Waals surface area contributed by atoms with Crippen molar-refractivity contribution in [1.29, 1.82) is 0 Å². The van der Waals surface area contributed by atoms with Gasteiger partial charge in [0.15, 0.2) is 0 Å². The molecule has 4 heteroatoms. The summed E-state index contributed by atoms with van der Waals surface area (Å²) >= 11 is 0. The van der Waals surface area contributed by atoms with Crippen molar-refractivity contribution in [2.24, 2.45) is 0 Å². The van der Waals surface area contributed by atoms with Crippen LogP contribution in [0.25, 0.3) is 10.9 Å². The average molecular weight is 269 g/mol. The monoisotopic (exact) mass is 268 g/mol. The van der Waals surface area contributed by atoms with Crippen molar-refractivity contribution in [1.82, 2.24) is 9.88 Å². The third kappa shape index (κ3) is 3.40. The molecule has 2 rings (SSSR count). The molecule has 1 N–H and O–H groups in total. The number of aromatic amines is 1. The number of fused-ring (bicyclic) bond motifs is 1. The Kier molecular flexibility index (Phi) is 6.02. The lowest BCUT2D eigenvalue weighted by molar-refractivity contribution is 0.224. The lowest BCUT2D eigenvalue weighted by atomic mass is 10.2. The number of aromatic nitrogens is 1. The maximum absolute atomic E-state index is 5.82. The van der Waals surface area contributed by atoms with Crippen LogP contribution in [0.2, 0.25) is 0 Å². The minimum absolute atomic E-state index is 0. The molecule has 0 amide bonds. The molecule has 0 aliphatic rings. The molecule has 0 unspecified atom stereocenters. The van der Waals surface area contributed by atoms with Crippen LogP contribution in [0.5, 0.6) is 5.75 Å². The van der Waals surface area contributed by atoms with Crippen LogP contribution >= 0.6 is 12.4 Å². The molecule has 100 valence electrons. The van der Waals surface area contributed by atoms with Crippen molar-refractivity contribution in [3.8, 4) is 5.75 Å². The number of likely N-dealkylation sites (N-methyl/N-ethyl adjacent to an activating group) is 1. The predicted octanol–water partition coefficient (Wildman–Crippen LogP) is 3.31. The molecule has 0 atom stereocenters. The molecule has 0 bridgehead atoms. The van der Waals surface area contributed by atoms with Gasteiger partial charge in [0.1, 0.15) is 12.4 Å². The largest absolute Gasteiger partial charge is 0.490 e. The molecule has 3 nitrogen and oxygen atoms in total. The van der Waals surface area contributed by atoms with Gasteiger partial charge in [0.25, 0.3) is 0 Å². The molecule has 2 aromatic rings. The topological polar surface area (TPSA) is 28.3 Å². The number of benzene rings is 1. The Morgan fingerprint density at radius 3 is 2.61 bits per heavy atom. The standard InChI is InChI=1S/C14H20N2O.ClH/c1-3-16(4-2)9-10-17-14-11-15-13-8-6-5-7-12(13)14;/h5-8,11,15H,3-4,9-10H2,1-2H3;1H. The molecule has 0 fully saturated rings. The van der Waals surface area contributed by atoms with Gasteiger partial charge in [-0.15, -0.1) is 12.4 Å². The van der Waals surface area contributed by atoms with Crippen LogP contribution in [-0.4, -0.2) is 36.1 Å². The third-order valence-electron chi connectivity index (χ3n) is 3.11. The Hall–Kier alpha value is -1.19. The van der Waals surface area contributed by atoms with E-state index in [1.807, 2.05) is 18.3 Å². The van der Waals surface area contributed by atoms with Gasteiger partial charge in [0, 0.05) is 23.6 Å². The van der Waals surface area contributed by atoms with Crippen LogP contribution < -0.4 is 4.74 Å². The van der Waals surface area contributed by atoms with E-state index in [0.29, 0.717) is 0 Å². The predicted molar refractivity (Wildman–Crippen MR) is 78.8 cm³/mol. The van der Waals surface area contributed by atoms with Gasteiger partial charge in [-0.25, -0.2) is 0 Å². The SMILES string of the molecule is CCN(CC)CCOc1c[nH]c2ccccc12.Cl. The molecule has 0 spiro atoms. The minimum atomic E-state index is 0. The Labute approximate surface area is 115 Å². The van der Waals surface area contributed by atoms with E-state index in [1.54, 1.807) is 0 Å². The first-order valence-corrected chi connectivity index (χ1v) is 6.26. The molecule has 0 saturated heterocycles. The zero-order valence-electron chi connectivity index (χ0n) is 11.0. The average Bonchev–Trinajstić information content (AvgIpc) is 2.78. The Morgan fingerprint density at radius 1 is 1.17 bits per heavy atom. The van der Waals surface area contributed by atoms with Crippen LogP contribution in [0, 0.1) is 0 Å². The summed E-state index contributed by atoms with van der Waals surface area (Å²) in [7, 11) is 0. The highest BCUT2D eigenvalue weighted by atomic mass is 35.5. The van der Waals surface area contributed by atoms with Gasteiger partial charge < -0.3 is 14.6 Å². The fraction of sp³-hybridized carbons (Fsp3) is 0.429. The Morgan fingerprint density at radius 2 is 1.89 bits per heavy atom. The van der Waals surface area contributed by atoms with Gasteiger partial charge in [-0.3, -0.25) is 0 Å². The van der Waals surface area contributed by atoms with Crippen molar-refractivity contribution in [3.05, 3.63) is 30.5 Å². The van der Waals surface area contributed by atoms with Gasteiger partial charge in [-0.1, -0.05) is 26.0 Å². The zero-order chi connectivity index (χ0) is 12.1. The number of nitrogens with one attached hydrogen (secondary N) is 1. The number of hydrogen-bond donors (Lipinski definition) is 1. The smallest absolute Gasteiger partial charge is 0.144 e. The van der Waals surface area contributed by atoms with Crippen molar-refractivity contribution < 1.29 is 4.74 Å². The highest BCUT2D eigenvalue weighted by molar-refractivity contribution is 5.86. The number of nitrogens with zero attached hydrogens (tertiary/aromatic N) is 1. The highest BCUT2D eigenvalue weighted by Crippen LogP contribution is 2.24. The summed E-state index contributed by atoms with van der Waals surface area (Å²) < 4.78 is 5.82. The van der Waals surface area contributed by atoms with Crippen molar-refractivity contribution in [3.63, 3.8) is 0 Å². The summed E-state index contributed by atoms with van der Waals surface area (Å²) in [6, 6.07) is 8.21. The first-order chi connectivity index (χ1) is 8.35. The van der Waals surface area contributed by atoms with E-state index in [2.05, 4.69) is 35.9 Å². The van der Waals surface area contributed by atoms with Crippen molar-refractivity contribution >= 4 is 23.3 Å². The molecule has 1 heterocycles. The number of ether oxygens (including phenoxy) is 1. The Balaban J connectivity index is 0.00000162. The van der Waals surface area contributed by atoms with E-state index in [4.69, 9.17) is 4.74 Å². The van der Waals surface area contributed by atoms with Crippen LogP contribution in [0.3, 0.4) is 0 Å². The zero-order valence-corrected chi connectivity index (χ0v) is 11.8. The molecule has 18 heavy (non-hydrogen) atoms. The highest BCUT2D eigenvalue weighted by Gasteiger charge is 2.04. The van der Waals surface area contributed by atoms with Crippen LogP contribution in [0.15, 0.2) is 30.5 Å². The molecule has 0 radical (unpaired) electrons. The minimum Gasteiger partial charge on any atom is -0.490 e. The van der Waals surface area contributed by atoms with E-state index in [0.717, 1.165) is 42.9 Å². The number of para-hydroxylation sites is 1. The quantitative estimate of drug-likeness (QED) is 0.871. The number of halogens is 1. The Bertz CT molecular complexity index is 466. The molecule has 0 aliphatic carbocycles. The summed E-state index contributed by atoms with van der Waals surface area (Å²) in [5.74, 6) is 0.952. The third-order valence-corrected chi connectivity index (χ3v) is 3.11. The summed E-state index contributed by atoms with van der Waals surface area (Å²) in [4.78, 5) is 5.57. The fourth-order valence-corrected chi connectivity index (χ4v) is 1.99. The summed E-state index contributed by atoms with van der Waals surface area (Å²) in [5, 5.41) is 1.16. The lowest BCUT2D eigenvalue weighted by Crippen LogP contribution is -2.27. The second kappa shape index (κ2) is 7.29. The number of H-pyrrole nitrogens is 1. The number of hydrogen-bond acceptors (Lipinski definition) is 2. The van der Waals surface area contributed by atoms with Crippen molar-refractivity contribution in [2.45, 2.75) is 13.8 Å². The first kappa shape index (κ1) is 14.9. The molecule has 0 aliphatic heterocycles. The second-order valence-electron chi connectivity index (χ2n) is 4.07. The van der Waals surface area contributed by atoms with E-state index >= 15 is 0 Å². The van der Waals surface area contributed by atoms with Crippen molar-refractivity contribution in [2.75, 3.05) is 26.2 Å². The van der Waals surface area contributed by atoms with Gasteiger partial charge >= 0.3 is 0 Å². The summed E-state index contributed by atoms with van der Waals surface area (Å²) in [6.07, 6.45) is 1.94. The summed E-state index contributed by atoms with van der Waals surface area (Å²) in [6.45, 7) is 8.22. The second-order valence-corrected chi connectivity index (χ2v) is 4.07. The molecule has 0 saturated carbocycles. The molecule has 1 aromatic heterocycles. The van der Waals surface area contributed by atoms with Gasteiger partial charge in [0.05, 0.1) is 0 Å². The molecular formula is C14H21ClN2O. The van der Waals surface area contributed by atoms with Gasteiger partial charge in [-0.2, -0.15) is 0 Å². The maximum atomic E-state index is 5.82. The van der Waals surface area contributed by atoms with E-state index in [-0.39, 0.29) is 12.4 Å². The van der Waals surface area contributed by atoms with E-state index in [9.17, 15) is 0 Å². The normalized spacial score (nSPS) is 10.6. The van der Waals surface area contributed by atoms with Crippen LogP contribution in [-0.2, 0) is 0 Å². The van der Waals surface area contributed by atoms with E-state index < -0.39 is 0 Å².